The number of para-hydroxylation sites is 8. The molecule has 0 amide bonds. The highest BCUT2D eigenvalue weighted by Crippen LogP contribution is 2.44. The number of fused-ring (bicyclic) bond motifs is 10. The van der Waals surface area contributed by atoms with Crippen molar-refractivity contribution in [1.82, 2.24) is 29.4 Å². The largest absolute Gasteiger partial charge is 0.508 e. The molecule has 10 heterocycles. The van der Waals surface area contributed by atoms with Gasteiger partial charge >= 0.3 is 5.97 Å². The molecule has 6 aliphatic rings. The van der Waals surface area contributed by atoms with Crippen LogP contribution in [0.25, 0.3) is 65.8 Å². The van der Waals surface area contributed by atoms with Crippen LogP contribution >= 0.6 is 0 Å². The molecule has 10 N–H and O–H groups in total. The number of aliphatic carboxylic acids is 1. The van der Waals surface area contributed by atoms with Gasteiger partial charge in [-0.3, -0.25) is 0 Å². The molecule has 111 heavy (non-hydrogen) atoms. The summed E-state index contributed by atoms with van der Waals surface area (Å²) in [6.07, 6.45) is 23.0. The van der Waals surface area contributed by atoms with Crippen LogP contribution in [-0.2, 0) is 50.0 Å². The molecule has 5 atom stereocenters. The van der Waals surface area contributed by atoms with E-state index in [0.717, 1.165) is 46.6 Å². The number of nitrogens with zero attached hydrogens (tertiary/aromatic N) is 3. The predicted molar refractivity (Wildman–Crippen MR) is 466 cm³/mol. The van der Waals surface area contributed by atoms with Gasteiger partial charge in [-0.05, 0) is 194 Å². The Hall–Kier alpha value is -12.2. The van der Waals surface area contributed by atoms with E-state index in [1.165, 1.54) is 121 Å². The summed E-state index contributed by atoms with van der Waals surface area (Å²) in [5, 5.41) is 45.8. The summed E-state index contributed by atoms with van der Waals surface area (Å²) in [6.45, 7) is 11.7. The molecule has 1 saturated heterocycles. The lowest BCUT2D eigenvalue weighted by Crippen LogP contribution is -2.36. The number of aromatic nitrogens is 5. The van der Waals surface area contributed by atoms with Gasteiger partial charge in [0, 0.05) is 161 Å². The first-order chi connectivity index (χ1) is 54.1. The number of hydrogen-bond donors (Lipinski definition) is 10. The number of H-pyrrole nitrogens is 3. The van der Waals surface area contributed by atoms with Crippen LogP contribution in [0.15, 0.2) is 316 Å². The van der Waals surface area contributed by atoms with Crippen molar-refractivity contribution < 1.29 is 20.1 Å². The average molecular weight is 1480 g/mol. The molecule has 5 aromatic heterocycles. The summed E-state index contributed by atoms with van der Waals surface area (Å²) >= 11 is 0. The van der Waals surface area contributed by atoms with Crippen LogP contribution in [0, 0.1) is 5.92 Å². The molecular weight excluding hydrogens is 1370 g/mol. The van der Waals surface area contributed by atoms with E-state index in [2.05, 4.69) is 312 Å². The van der Waals surface area contributed by atoms with E-state index in [9.17, 15) is 4.79 Å². The number of phenolic OH excluding ortho intramolecular Hbond substituents is 1. The third-order valence-corrected chi connectivity index (χ3v) is 21.6. The molecule has 5 aliphatic heterocycles. The molecule has 14 heteroatoms. The predicted octanol–water partition coefficient (Wildman–Crippen LogP) is 20.9. The highest BCUT2D eigenvalue weighted by molar-refractivity contribution is 5.88. The fraction of sp³-hybridized carbons (Fsp3) is 0.227. The number of phenols is 1. The molecule has 1 fully saturated rings. The molecule has 15 aromatic rings. The van der Waals surface area contributed by atoms with Gasteiger partial charge in [-0.15, -0.1) is 0 Å². The van der Waals surface area contributed by atoms with Crippen LogP contribution in [0.1, 0.15) is 68.4 Å². The molecule has 1 aliphatic carbocycles. The zero-order valence-corrected chi connectivity index (χ0v) is 64.9. The Morgan fingerprint density at radius 3 is 1.83 bits per heavy atom. The van der Waals surface area contributed by atoms with Crippen LogP contribution in [-0.4, -0.2) is 96.3 Å². The molecule has 4 unspecified atom stereocenters. The van der Waals surface area contributed by atoms with Crippen molar-refractivity contribution in [1.29, 1.82) is 0 Å². The lowest BCUT2D eigenvalue weighted by molar-refractivity contribution is -0.137. The summed E-state index contributed by atoms with van der Waals surface area (Å²) in [4.78, 5) is 22.3. The fourth-order valence-corrected chi connectivity index (χ4v) is 15.0. The van der Waals surface area contributed by atoms with Crippen LogP contribution < -0.4 is 26.2 Å². The highest BCUT2D eigenvalue weighted by Gasteiger charge is 2.39. The number of aliphatic hydroxyl groups is 1. The Morgan fingerprint density at radius 2 is 1.14 bits per heavy atom. The number of likely N-dealkylation sites (N-methyl/N-ethyl adjacent to an activating group) is 1. The van der Waals surface area contributed by atoms with Crippen molar-refractivity contribution in [2.24, 2.45) is 20.0 Å². The summed E-state index contributed by atoms with van der Waals surface area (Å²) in [5.41, 5.74) is 20.4. The SMILES string of the molecule is C1=CC2CCNC2C=C1.CC1Cc2ccccc2N1.C[C@H]1N(C)c2ccccc2C1(C)C.Cn1c(-c2ccccc2)cc2ccccc21.Cn1ccc2ccccc21.O=C(O)C1Cc2ccccc2N1.OCCc1c[nH]c2ccccc12.Oc1ccc2[nH]ccc2c1.c1ccc2[nH]ccc2c1.c1ccc2c(c1)CCCN2. The lowest BCUT2D eigenvalue weighted by atomic mass is 9.81. The van der Waals surface area contributed by atoms with Gasteiger partial charge in [0.1, 0.15) is 11.8 Å². The maximum absolute atomic E-state index is 10.6. The second kappa shape index (κ2) is 38.2. The van der Waals surface area contributed by atoms with Gasteiger partial charge in [-0.1, -0.05) is 214 Å². The van der Waals surface area contributed by atoms with Gasteiger partial charge in [0.2, 0.25) is 0 Å². The topological polar surface area (TPSA) is 186 Å². The molecule has 0 spiro atoms. The number of rotatable bonds is 4. The van der Waals surface area contributed by atoms with Crippen molar-refractivity contribution in [2.45, 2.75) is 95.8 Å². The van der Waals surface area contributed by atoms with Crippen molar-refractivity contribution in [3.63, 3.8) is 0 Å². The van der Waals surface area contributed by atoms with Crippen LogP contribution in [0.4, 0.5) is 22.7 Å². The summed E-state index contributed by atoms with van der Waals surface area (Å²) in [5.74, 6) is 0.313. The maximum Gasteiger partial charge on any atom is 0.326 e. The number of aromatic amines is 3. The van der Waals surface area contributed by atoms with E-state index >= 15 is 0 Å². The van der Waals surface area contributed by atoms with E-state index in [-0.39, 0.29) is 12.0 Å². The van der Waals surface area contributed by atoms with Gasteiger partial charge in [0.25, 0.3) is 0 Å². The summed E-state index contributed by atoms with van der Waals surface area (Å²) in [7, 11) is 6.35. The normalized spacial score (nSPS) is 17.0. The number of aryl methyl sites for hydroxylation is 3. The molecule has 0 bridgehead atoms. The number of hydrogen-bond acceptors (Lipinski definition) is 8. The minimum atomic E-state index is -0.786. The van der Waals surface area contributed by atoms with E-state index in [1.807, 2.05) is 91.4 Å². The summed E-state index contributed by atoms with van der Waals surface area (Å²) < 4.78 is 4.36. The number of allylic oxidation sites excluding steroid dienone is 2. The number of nitrogens with one attached hydrogen (secondary N) is 7. The smallest absolute Gasteiger partial charge is 0.326 e. The first kappa shape index (κ1) is 78.4. The van der Waals surface area contributed by atoms with Gasteiger partial charge in [-0.25, -0.2) is 4.79 Å². The number of aromatic hydroxyl groups is 1. The lowest BCUT2D eigenvalue weighted by Gasteiger charge is -2.28. The van der Waals surface area contributed by atoms with Gasteiger partial charge < -0.3 is 65.6 Å². The zero-order chi connectivity index (χ0) is 77.5. The number of carboxylic acids is 1. The van der Waals surface area contributed by atoms with Crippen molar-refractivity contribution in [3.05, 3.63) is 344 Å². The third-order valence-electron chi connectivity index (χ3n) is 21.6. The van der Waals surface area contributed by atoms with Gasteiger partial charge in [-0.2, -0.15) is 0 Å². The van der Waals surface area contributed by atoms with E-state index in [0.29, 0.717) is 30.3 Å². The first-order valence-electron chi connectivity index (χ1n) is 38.8. The van der Waals surface area contributed by atoms with Crippen LogP contribution in [0.5, 0.6) is 5.75 Å². The standard InChI is InChI=1S/C15H13N.C12H17N.C10H11NO.C9H9NO2.C9H9N.2C9H11N.C8H7NO.C8H11N.C8H7N/c1-16-14-10-6-5-9-13(14)11-15(16)12-7-3-2-4-8-12;1-9-12(2,3)10-7-5-6-8-11(10)13(9)4;12-6-5-8-7-11-10-4-2-1-3-9(8)10;11-9(12)8-5-6-3-1-2-4-7(6)10-8;1-10-7-6-8-4-2-3-5-9(8)10;1-7-6-8-4-2-3-5-9(8)10-7;1-2-6-9-8(4-1)5-3-7-10-9;10-7-1-2-8-6(5-7)3-4-9-8;2*1-2-4-8-7(3-1)5-6-9-8/h2-11H,1H3;5-9H,1-4H3;1-4,7,11-12H,5-6H2;1-4,8,10H,5H2,(H,11,12);2-7H,1H3;2-5,7,10H,6H2,1H3;1-2,4,6,10H,3,5,7H2;1-5,9-10H;1-4,7-9H,5-6H2;1-6,9H/t;9-;;;;;;;;/m.1......../s1. The maximum atomic E-state index is 10.6. The van der Waals surface area contributed by atoms with Crippen molar-refractivity contribution in [3.8, 4) is 17.0 Å². The molecule has 0 saturated carbocycles. The van der Waals surface area contributed by atoms with Crippen LogP contribution in [0.2, 0.25) is 0 Å². The highest BCUT2D eigenvalue weighted by atomic mass is 16.4. The number of aliphatic hydroxyl groups excluding tert-OH is 1. The number of anilines is 4. The van der Waals surface area contributed by atoms with E-state index in [1.54, 1.807) is 12.1 Å². The second-order valence-corrected chi connectivity index (χ2v) is 29.4. The Morgan fingerprint density at radius 1 is 0.541 bits per heavy atom. The Balaban J connectivity index is 0.000000115. The number of carbonyl (C=O) groups is 1. The second-order valence-electron chi connectivity index (χ2n) is 29.4. The van der Waals surface area contributed by atoms with E-state index < -0.39 is 12.0 Å². The molecule has 14 nitrogen and oxygen atoms in total. The molecule has 568 valence electrons. The Bertz CT molecular complexity index is 5380. The minimum absolute atomic E-state index is 0.210. The van der Waals surface area contributed by atoms with Crippen molar-refractivity contribution >= 4 is 83.2 Å². The average Bonchev–Trinajstić information content (AvgIpc) is 1.61. The Kier molecular flexibility index (Phi) is 27.0. The zero-order valence-electron chi connectivity index (χ0n) is 64.9. The molecule has 0 radical (unpaired) electrons. The summed E-state index contributed by atoms with van der Waals surface area (Å²) in [6, 6.07) is 92.1. The fourth-order valence-electron chi connectivity index (χ4n) is 15.0. The van der Waals surface area contributed by atoms with Crippen molar-refractivity contribution in [2.75, 3.05) is 47.6 Å². The van der Waals surface area contributed by atoms with Crippen LogP contribution in [0.3, 0.4) is 0 Å². The molecular formula is C97H106N10O4. The Labute approximate surface area is 653 Å². The monoisotopic (exact) mass is 1470 g/mol. The number of carboxylic acid groups (broad SMARTS) is 1. The third kappa shape index (κ3) is 20.4. The first-order valence-corrected chi connectivity index (χ1v) is 38.8. The van der Waals surface area contributed by atoms with Gasteiger partial charge in [0.05, 0.1) is 0 Å². The quantitative estimate of drug-likeness (QED) is 0.0819. The van der Waals surface area contributed by atoms with Gasteiger partial charge in [0.15, 0.2) is 0 Å². The molecule has 10 aromatic carbocycles. The number of benzene rings is 10. The minimum Gasteiger partial charge on any atom is -0.508 e. The van der Waals surface area contributed by atoms with E-state index in [4.69, 9.17) is 15.3 Å². The molecule has 21 rings (SSSR count).